The van der Waals surface area contributed by atoms with E-state index < -0.39 is 0 Å². The number of benzene rings is 2. The molecule has 1 atom stereocenters. The number of carbonyl (C=O) groups excluding carboxylic acids is 1. The first-order chi connectivity index (χ1) is 12.6. The molecule has 0 saturated heterocycles. The van der Waals surface area contributed by atoms with Gasteiger partial charge in [-0.05, 0) is 42.2 Å². The number of nitrogens with one attached hydrogen (secondary N) is 1. The van der Waals surface area contributed by atoms with Crippen molar-refractivity contribution in [1.29, 1.82) is 0 Å². The average Bonchev–Trinajstić information content (AvgIpc) is 2.98. The van der Waals surface area contributed by atoms with Crippen molar-refractivity contribution in [3.63, 3.8) is 0 Å². The molecule has 3 nitrogen and oxygen atoms in total. The molecule has 4 rings (SSSR count). The maximum atomic E-state index is 13.0. The Bertz CT molecular complexity index is 949. The lowest BCUT2D eigenvalue weighted by molar-refractivity contribution is 0.0953. The summed E-state index contributed by atoms with van der Waals surface area (Å²) in [4.78, 5) is 17.7. The first kappa shape index (κ1) is 16.9. The standard InChI is InChI=1S/C21H19FN2OS/c1-13-20(26-19(24-13)10-14-6-8-17(22)9-7-14)21(25)23-12-16-11-15-4-2-3-5-18(15)16/h2-9,16H,10-12H2,1H3,(H,23,25). The van der Waals surface area contributed by atoms with Crippen LogP contribution in [0.15, 0.2) is 48.5 Å². The van der Waals surface area contributed by atoms with Crippen molar-refractivity contribution in [2.45, 2.75) is 25.7 Å². The molecule has 0 bridgehead atoms. The van der Waals surface area contributed by atoms with Crippen LogP contribution in [0.2, 0.25) is 0 Å². The third kappa shape index (κ3) is 3.40. The maximum absolute atomic E-state index is 13.0. The van der Waals surface area contributed by atoms with Crippen molar-refractivity contribution < 1.29 is 9.18 Å². The van der Waals surface area contributed by atoms with E-state index in [0.717, 1.165) is 22.7 Å². The summed E-state index contributed by atoms with van der Waals surface area (Å²) >= 11 is 1.41. The van der Waals surface area contributed by atoms with Crippen LogP contribution < -0.4 is 5.32 Å². The second kappa shape index (κ2) is 7.00. The summed E-state index contributed by atoms with van der Waals surface area (Å²) in [5.74, 6) is 0.0958. The molecule has 1 unspecified atom stereocenters. The van der Waals surface area contributed by atoms with E-state index in [4.69, 9.17) is 0 Å². The summed E-state index contributed by atoms with van der Waals surface area (Å²) in [6, 6.07) is 14.8. The van der Waals surface area contributed by atoms with E-state index >= 15 is 0 Å². The fourth-order valence-electron chi connectivity index (χ4n) is 3.36. The molecule has 0 radical (unpaired) electrons. The molecule has 1 heterocycles. The molecule has 0 fully saturated rings. The molecular formula is C21H19FN2OS. The van der Waals surface area contributed by atoms with Crippen molar-refractivity contribution in [2.24, 2.45) is 0 Å². The van der Waals surface area contributed by atoms with Gasteiger partial charge in [-0.2, -0.15) is 0 Å². The fourth-order valence-corrected chi connectivity index (χ4v) is 4.37. The largest absolute Gasteiger partial charge is 0.351 e. The molecule has 1 amide bonds. The summed E-state index contributed by atoms with van der Waals surface area (Å²) in [6.45, 7) is 2.51. The summed E-state index contributed by atoms with van der Waals surface area (Å²) in [6.07, 6.45) is 1.63. The van der Waals surface area contributed by atoms with Crippen LogP contribution in [-0.4, -0.2) is 17.4 Å². The van der Waals surface area contributed by atoms with Gasteiger partial charge in [0, 0.05) is 18.9 Å². The predicted molar refractivity (Wildman–Crippen MR) is 101 cm³/mol. The Labute approximate surface area is 155 Å². The number of thiazole rings is 1. The van der Waals surface area contributed by atoms with E-state index in [0.29, 0.717) is 23.8 Å². The minimum Gasteiger partial charge on any atom is -0.351 e. The summed E-state index contributed by atoms with van der Waals surface area (Å²) in [7, 11) is 0. The third-order valence-corrected chi connectivity index (χ3v) is 5.94. The van der Waals surface area contributed by atoms with Crippen molar-refractivity contribution in [2.75, 3.05) is 6.54 Å². The molecular weight excluding hydrogens is 347 g/mol. The van der Waals surface area contributed by atoms with Crippen LogP contribution in [0, 0.1) is 12.7 Å². The number of fused-ring (bicyclic) bond motifs is 1. The molecule has 3 aromatic rings. The van der Waals surface area contributed by atoms with Crippen LogP contribution in [0.25, 0.3) is 0 Å². The number of hydrogen-bond donors (Lipinski definition) is 1. The van der Waals surface area contributed by atoms with Crippen molar-refractivity contribution in [1.82, 2.24) is 10.3 Å². The van der Waals surface area contributed by atoms with Crippen LogP contribution in [0.5, 0.6) is 0 Å². The average molecular weight is 366 g/mol. The molecule has 2 aromatic carbocycles. The van der Waals surface area contributed by atoms with E-state index in [2.05, 4.69) is 28.5 Å². The zero-order valence-electron chi connectivity index (χ0n) is 14.5. The van der Waals surface area contributed by atoms with Crippen LogP contribution in [-0.2, 0) is 12.8 Å². The minimum atomic E-state index is -0.248. The van der Waals surface area contributed by atoms with Gasteiger partial charge in [0.15, 0.2) is 0 Å². The van der Waals surface area contributed by atoms with Gasteiger partial charge in [0.1, 0.15) is 10.7 Å². The Morgan fingerprint density at radius 1 is 1.23 bits per heavy atom. The Morgan fingerprint density at radius 2 is 2.00 bits per heavy atom. The van der Waals surface area contributed by atoms with E-state index in [9.17, 15) is 9.18 Å². The number of rotatable bonds is 5. The fraction of sp³-hybridized carbons (Fsp3) is 0.238. The monoisotopic (exact) mass is 366 g/mol. The lowest BCUT2D eigenvalue weighted by Gasteiger charge is -2.30. The van der Waals surface area contributed by atoms with E-state index in [1.165, 1.54) is 34.6 Å². The zero-order chi connectivity index (χ0) is 18.1. The minimum absolute atomic E-state index is 0.0604. The molecule has 5 heteroatoms. The van der Waals surface area contributed by atoms with Crippen LogP contribution in [0.1, 0.15) is 43.0 Å². The lowest BCUT2D eigenvalue weighted by Crippen LogP contribution is -2.33. The molecule has 26 heavy (non-hydrogen) atoms. The normalized spacial score (nSPS) is 15.2. The smallest absolute Gasteiger partial charge is 0.263 e. The predicted octanol–water partition coefficient (Wildman–Crippen LogP) is 4.25. The summed E-state index contributed by atoms with van der Waals surface area (Å²) in [5.41, 5.74) is 4.45. The molecule has 0 aliphatic heterocycles. The molecule has 1 aromatic heterocycles. The number of carbonyl (C=O) groups is 1. The SMILES string of the molecule is Cc1nc(Cc2ccc(F)cc2)sc1C(=O)NCC1Cc2ccccc21. The Hall–Kier alpha value is -2.53. The van der Waals surface area contributed by atoms with Gasteiger partial charge in [-0.25, -0.2) is 9.37 Å². The van der Waals surface area contributed by atoms with Gasteiger partial charge in [0.05, 0.1) is 10.7 Å². The van der Waals surface area contributed by atoms with E-state index in [1.54, 1.807) is 12.1 Å². The molecule has 132 valence electrons. The number of hydrogen-bond acceptors (Lipinski definition) is 3. The van der Waals surface area contributed by atoms with Crippen molar-refractivity contribution >= 4 is 17.2 Å². The van der Waals surface area contributed by atoms with Gasteiger partial charge in [-0.15, -0.1) is 11.3 Å². The molecule has 1 N–H and O–H groups in total. The Kier molecular flexibility index (Phi) is 4.55. The number of amides is 1. The van der Waals surface area contributed by atoms with Gasteiger partial charge in [-0.3, -0.25) is 4.79 Å². The number of halogens is 1. The Balaban J connectivity index is 1.39. The van der Waals surface area contributed by atoms with E-state index in [-0.39, 0.29) is 11.7 Å². The van der Waals surface area contributed by atoms with Gasteiger partial charge in [0.25, 0.3) is 5.91 Å². The van der Waals surface area contributed by atoms with Gasteiger partial charge < -0.3 is 5.32 Å². The van der Waals surface area contributed by atoms with Crippen molar-refractivity contribution in [3.8, 4) is 0 Å². The zero-order valence-corrected chi connectivity index (χ0v) is 15.3. The highest BCUT2D eigenvalue weighted by Gasteiger charge is 2.26. The van der Waals surface area contributed by atoms with Gasteiger partial charge >= 0.3 is 0 Å². The molecule has 1 aliphatic carbocycles. The van der Waals surface area contributed by atoms with E-state index in [1.807, 2.05) is 13.0 Å². The first-order valence-corrected chi connectivity index (χ1v) is 9.48. The highest BCUT2D eigenvalue weighted by atomic mass is 32.1. The quantitative estimate of drug-likeness (QED) is 0.733. The molecule has 0 saturated carbocycles. The van der Waals surface area contributed by atoms with Crippen LogP contribution in [0.4, 0.5) is 4.39 Å². The van der Waals surface area contributed by atoms with Crippen LogP contribution in [0.3, 0.4) is 0 Å². The Morgan fingerprint density at radius 3 is 2.77 bits per heavy atom. The second-order valence-electron chi connectivity index (χ2n) is 6.64. The highest BCUT2D eigenvalue weighted by molar-refractivity contribution is 7.13. The maximum Gasteiger partial charge on any atom is 0.263 e. The topological polar surface area (TPSA) is 42.0 Å². The summed E-state index contributed by atoms with van der Waals surface area (Å²) < 4.78 is 13.0. The van der Waals surface area contributed by atoms with Gasteiger partial charge in [-0.1, -0.05) is 36.4 Å². The van der Waals surface area contributed by atoms with Crippen molar-refractivity contribution in [3.05, 3.63) is 86.6 Å². The number of aryl methyl sites for hydroxylation is 1. The van der Waals surface area contributed by atoms with Crippen LogP contribution >= 0.6 is 11.3 Å². The third-order valence-electron chi connectivity index (χ3n) is 4.79. The van der Waals surface area contributed by atoms with Gasteiger partial charge in [0.2, 0.25) is 0 Å². The molecule has 0 spiro atoms. The number of nitrogens with zero attached hydrogens (tertiary/aromatic N) is 1. The number of aromatic nitrogens is 1. The highest BCUT2D eigenvalue weighted by Crippen LogP contribution is 2.34. The second-order valence-corrected chi connectivity index (χ2v) is 7.72. The summed E-state index contributed by atoms with van der Waals surface area (Å²) in [5, 5.41) is 3.92. The first-order valence-electron chi connectivity index (χ1n) is 8.67. The lowest BCUT2D eigenvalue weighted by atomic mass is 9.77. The molecule has 1 aliphatic rings.